The van der Waals surface area contributed by atoms with Gasteiger partial charge in [0.15, 0.2) is 11.5 Å². The van der Waals surface area contributed by atoms with Gasteiger partial charge in [0.2, 0.25) is 6.79 Å². The molecule has 0 atom stereocenters. The minimum Gasteiger partial charge on any atom is -0.780 e. The molecule has 0 saturated carbocycles. The molecule has 2 rings (SSSR count). The fraction of sp³-hybridized carbons (Fsp3) is 0.143. The summed E-state index contributed by atoms with van der Waals surface area (Å²) in [4.78, 5) is 0.782. The Labute approximate surface area is 64.2 Å². The Morgan fingerprint density at radius 2 is 2.00 bits per heavy atom. The lowest BCUT2D eigenvalue weighted by molar-refractivity contribution is 0.174. The monoisotopic (exact) mass is 153 g/mol. The highest BCUT2D eigenvalue weighted by atomic mass is 32.1. The zero-order chi connectivity index (χ0) is 6.97. The highest BCUT2D eigenvalue weighted by molar-refractivity contribution is 7.58. The molecule has 1 heterocycles. The molecule has 1 aliphatic rings. The minimum atomic E-state index is 0.314. The zero-order valence-electron chi connectivity index (χ0n) is 5.16. The lowest BCUT2D eigenvalue weighted by Crippen LogP contribution is -1.92. The Hall–Kier alpha value is -0.960. The molecule has 0 aliphatic carbocycles. The average molecular weight is 153 g/mol. The third-order valence-electron chi connectivity index (χ3n) is 1.34. The third-order valence-corrected chi connectivity index (χ3v) is 1.60. The van der Waals surface area contributed by atoms with Crippen LogP contribution in [0.5, 0.6) is 11.5 Å². The Kier molecular flexibility index (Phi) is 1.17. The van der Waals surface area contributed by atoms with Crippen LogP contribution in [-0.2, 0) is 12.6 Å². The summed E-state index contributed by atoms with van der Waals surface area (Å²) in [5.41, 5.74) is 0. The van der Waals surface area contributed by atoms with Crippen molar-refractivity contribution >= 4 is 12.6 Å². The van der Waals surface area contributed by atoms with Crippen molar-refractivity contribution in [2.75, 3.05) is 6.79 Å². The summed E-state index contributed by atoms with van der Waals surface area (Å²) in [7, 11) is 0. The fourth-order valence-electron chi connectivity index (χ4n) is 0.877. The molecule has 0 amide bonds. The SMILES string of the molecule is [S-]c1ccc2c(c1)OCO2. The molecule has 0 N–H and O–H groups in total. The maximum atomic E-state index is 5.09. The summed E-state index contributed by atoms with van der Waals surface area (Å²) in [6.45, 7) is 0.314. The molecule has 0 spiro atoms. The van der Waals surface area contributed by atoms with Crippen molar-refractivity contribution in [3.05, 3.63) is 18.2 Å². The number of ether oxygens (including phenoxy) is 2. The first-order chi connectivity index (χ1) is 4.86. The van der Waals surface area contributed by atoms with E-state index in [1.165, 1.54) is 0 Å². The van der Waals surface area contributed by atoms with Crippen LogP contribution in [0.4, 0.5) is 0 Å². The van der Waals surface area contributed by atoms with Crippen molar-refractivity contribution in [1.29, 1.82) is 0 Å². The van der Waals surface area contributed by atoms with Crippen molar-refractivity contribution < 1.29 is 9.47 Å². The Bertz CT molecular complexity index is 260. The van der Waals surface area contributed by atoms with Crippen LogP contribution in [0, 0.1) is 0 Å². The van der Waals surface area contributed by atoms with E-state index in [1.54, 1.807) is 6.07 Å². The minimum absolute atomic E-state index is 0.314. The summed E-state index contributed by atoms with van der Waals surface area (Å²) in [6.07, 6.45) is 0. The predicted octanol–water partition coefficient (Wildman–Crippen LogP) is 1.32. The van der Waals surface area contributed by atoms with Crippen LogP contribution in [0.3, 0.4) is 0 Å². The molecular weight excluding hydrogens is 148 g/mol. The molecule has 1 aromatic rings. The third kappa shape index (κ3) is 0.789. The van der Waals surface area contributed by atoms with E-state index < -0.39 is 0 Å². The summed E-state index contributed by atoms with van der Waals surface area (Å²) in [6, 6.07) is 5.44. The molecule has 0 radical (unpaired) electrons. The maximum absolute atomic E-state index is 5.09. The van der Waals surface area contributed by atoms with Crippen LogP contribution in [0.2, 0.25) is 0 Å². The van der Waals surface area contributed by atoms with Gasteiger partial charge in [-0.25, -0.2) is 0 Å². The number of hydrogen-bond acceptors (Lipinski definition) is 3. The van der Waals surface area contributed by atoms with E-state index in [1.807, 2.05) is 12.1 Å². The number of hydrogen-bond donors (Lipinski definition) is 0. The second-order valence-electron chi connectivity index (χ2n) is 2.02. The Balaban J connectivity index is 2.52. The smallest absolute Gasteiger partial charge is 0.231 e. The van der Waals surface area contributed by atoms with E-state index in [0.29, 0.717) is 6.79 Å². The lowest BCUT2D eigenvalue weighted by Gasteiger charge is -2.04. The van der Waals surface area contributed by atoms with Gasteiger partial charge in [-0.1, -0.05) is 6.07 Å². The first-order valence-electron chi connectivity index (χ1n) is 2.93. The van der Waals surface area contributed by atoms with Gasteiger partial charge in [-0.3, -0.25) is 0 Å². The van der Waals surface area contributed by atoms with Crippen LogP contribution in [0.25, 0.3) is 0 Å². The second kappa shape index (κ2) is 2.02. The first-order valence-corrected chi connectivity index (χ1v) is 3.34. The molecule has 10 heavy (non-hydrogen) atoms. The lowest BCUT2D eigenvalue weighted by atomic mass is 10.3. The van der Waals surface area contributed by atoms with Gasteiger partial charge >= 0.3 is 0 Å². The largest absolute Gasteiger partial charge is 0.780 e. The van der Waals surface area contributed by atoms with Crippen LogP contribution in [0.1, 0.15) is 0 Å². The molecule has 0 fully saturated rings. The van der Waals surface area contributed by atoms with Gasteiger partial charge in [-0.15, -0.1) is 0 Å². The van der Waals surface area contributed by atoms with Gasteiger partial charge in [-0.2, -0.15) is 4.90 Å². The van der Waals surface area contributed by atoms with Gasteiger partial charge < -0.3 is 22.1 Å². The van der Waals surface area contributed by atoms with Crippen LogP contribution in [-0.4, -0.2) is 6.79 Å². The summed E-state index contributed by atoms with van der Waals surface area (Å²) in [5.74, 6) is 1.54. The van der Waals surface area contributed by atoms with E-state index in [0.717, 1.165) is 16.4 Å². The Morgan fingerprint density at radius 1 is 1.20 bits per heavy atom. The van der Waals surface area contributed by atoms with Crippen molar-refractivity contribution in [3.8, 4) is 11.5 Å². The van der Waals surface area contributed by atoms with Crippen LogP contribution >= 0.6 is 0 Å². The highest BCUT2D eigenvalue weighted by Gasteiger charge is 2.09. The van der Waals surface area contributed by atoms with Gasteiger partial charge in [-0.05, 0) is 12.1 Å². The van der Waals surface area contributed by atoms with Crippen molar-refractivity contribution in [2.45, 2.75) is 4.90 Å². The quantitative estimate of drug-likeness (QED) is 0.524. The van der Waals surface area contributed by atoms with Gasteiger partial charge in [0, 0.05) is 0 Å². The van der Waals surface area contributed by atoms with Crippen LogP contribution < -0.4 is 9.47 Å². The van der Waals surface area contributed by atoms with Crippen LogP contribution in [0.15, 0.2) is 23.1 Å². The molecule has 3 heteroatoms. The van der Waals surface area contributed by atoms with Crippen molar-refractivity contribution in [1.82, 2.24) is 0 Å². The van der Waals surface area contributed by atoms with E-state index >= 15 is 0 Å². The predicted molar refractivity (Wildman–Crippen MR) is 38.2 cm³/mol. The number of fused-ring (bicyclic) bond motifs is 1. The first kappa shape index (κ1) is 5.80. The Morgan fingerprint density at radius 3 is 2.90 bits per heavy atom. The normalized spacial score (nSPS) is 13.6. The maximum Gasteiger partial charge on any atom is 0.231 e. The zero-order valence-corrected chi connectivity index (χ0v) is 5.98. The molecule has 0 saturated heterocycles. The average Bonchev–Trinajstić information content (AvgIpc) is 2.33. The topological polar surface area (TPSA) is 18.5 Å². The summed E-state index contributed by atoms with van der Waals surface area (Å²) >= 11 is 4.92. The fourth-order valence-corrected chi connectivity index (χ4v) is 1.05. The van der Waals surface area contributed by atoms with E-state index in [4.69, 9.17) is 22.1 Å². The summed E-state index contributed by atoms with van der Waals surface area (Å²) < 4.78 is 10.2. The van der Waals surface area contributed by atoms with E-state index in [-0.39, 0.29) is 0 Å². The van der Waals surface area contributed by atoms with Gasteiger partial charge in [0.25, 0.3) is 0 Å². The molecule has 2 nitrogen and oxygen atoms in total. The molecular formula is C7H5O2S-. The molecule has 0 bridgehead atoms. The van der Waals surface area contributed by atoms with Gasteiger partial charge in [0.05, 0.1) is 0 Å². The van der Waals surface area contributed by atoms with E-state index in [9.17, 15) is 0 Å². The molecule has 0 unspecified atom stereocenters. The number of rotatable bonds is 0. The standard InChI is InChI=1S/C7H6O2S/c10-5-1-2-6-7(3-5)9-4-8-6/h1-3,10H,4H2/p-1. The highest BCUT2D eigenvalue weighted by Crippen LogP contribution is 2.32. The van der Waals surface area contributed by atoms with E-state index in [2.05, 4.69) is 0 Å². The molecule has 0 aromatic heterocycles. The van der Waals surface area contributed by atoms with Gasteiger partial charge in [0.1, 0.15) is 0 Å². The summed E-state index contributed by atoms with van der Waals surface area (Å²) in [5, 5.41) is 0. The van der Waals surface area contributed by atoms with Crippen molar-refractivity contribution in [3.63, 3.8) is 0 Å². The molecule has 1 aliphatic heterocycles. The second-order valence-corrected chi connectivity index (χ2v) is 2.49. The number of benzene rings is 1. The molecule has 52 valence electrons. The molecule has 1 aromatic carbocycles. The van der Waals surface area contributed by atoms with Crippen molar-refractivity contribution in [2.24, 2.45) is 0 Å².